The van der Waals surface area contributed by atoms with Gasteiger partial charge in [0.05, 0.1) is 6.04 Å². The van der Waals surface area contributed by atoms with Gasteiger partial charge >= 0.3 is 6.09 Å². The Morgan fingerprint density at radius 1 is 1.08 bits per heavy atom. The van der Waals surface area contributed by atoms with Crippen LogP contribution in [-0.4, -0.2) is 30.4 Å². The van der Waals surface area contributed by atoms with Crippen LogP contribution in [0.5, 0.6) is 0 Å². The molecule has 0 saturated heterocycles. The number of carbonyl (C=O) groups is 3. The Kier molecular flexibility index (Phi) is 8.67. The maximum Gasteiger partial charge on any atom is 0.408 e. The SMILES string of the molecule is CC(C)C[C@@H](C=O)NC(=O)C(NC(=O)OCc1ccccc1)C(C)C. The Balaban J connectivity index is 2.58. The van der Waals surface area contributed by atoms with Crippen molar-refractivity contribution in [1.82, 2.24) is 10.6 Å². The molecule has 0 saturated carbocycles. The highest BCUT2D eigenvalue weighted by molar-refractivity contribution is 5.87. The van der Waals surface area contributed by atoms with E-state index in [1.807, 2.05) is 58.0 Å². The van der Waals surface area contributed by atoms with E-state index in [1.54, 1.807) is 0 Å². The molecule has 1 aromatic carbocycles. The van der Waals surface area contributed by atoms with Crippen LogP contribution in [0.25, 0.3) is 0 Å². The lowest BCUT2D eigenvalue weighted by atomic mass is 10.0. The first-order chi connectivity index (χ1) is 11.8. The zero-order chi connectivity index (χ0) is 18.8. The van der Waals surface area contributed by atoms with Gasteiger partial charge in [-0.05, 0) is 23.8 Å². The van der Waals surface area contributed by atoms with Crippen molar-refractivity contribution in [3.8, 4) is 0 Å². The summed E-state index contributed by atoms with van der Waals surface area (Å²) in [6.45, 7) is 7.72. The maximum atomic E-state index is 12.4. The molecule has 2 atom stereocenters. The first kappa shape index (κ1) is 20.7. The zero-order valence-corrected chi connectivity index (χ0v) is 15.3. The van der Waals surface area contributed by atoms with E-state index in [2.05, 4.69) is 10.6 Å². The van der Waals surface area contributed by atoms with Crippen molar-refractivity contribution in [3.05, 3.63) is 35.9 Å². The molecule has 0 bridgehead atoms. The number of carbonyl (C=O) groups excluding carboxylic acids is 3. The Morgan fingerprint density at radius 2 is 1.72 bits per heavy atom. The standard InChI is InChI=1S/C19H28N2O4/c1-13(2)10-16(11-22)20-18(23)17(14(3)4)21-19(24)25-12-15-8-6-5-7-9-15/h5-9,11,13-14,16-17H,10,12H2,1-4H3,(H,20,23)(H,21,24)/t16-,17?/m0/s1. The molecule has 2 amide bonds. The molecular formula is C19H28N2O4. The van der Waals surface area contributed by atoms with Crippen LogP contribution >= 0.6 is 0 Å². The third-order valence-electron chi connectivity index (χ3n) is 3.65. The third-order valence-corrected chi connectivity index (χ3v) is 3.65. The van der Waals surface area contributed by atoms with Gasteiger partial charge in [0.25, 0.3) is 0 Å². The van der Waals surface area contributed by atoms with Crippen LogP contribution in [-0.2, 0) is 20.9 Å². The van der Waals surface area contributed by atoms with Gasteiger partial charge in [-0.2, -0.15) is 0 Å². The summed E-state index contributed by atoms with van der Waals surface area (Å²) in [6, 6.07) is 7.96. The van der Waals surface area contributed by atoms with Crippen molar-refractivity contribution < 1.29 is 19.1 Å². The number of hydrogen-bond donors (Lipinski definition) is 2. The fourth-order valence-corrected chi connectivity index (χ4v) is 2.36. The van der Waals surface area contributed by atoms with E-state index in [0.717, 1.165) is 11.8 Å². The second-order valence-corrected chi connectivity index (χ2v) is 6.81. The normalized spacial score (nSPS) is 13.2. The third kappa shape index (κ3) is 7.83. The second kappa shape index (κ2) is 10.5. The van der Waals surface area contributed by atoms with Crippen molar-refractivity contribution >= 4 is 18.3 Å². The summed E-state index contributed by atoms with van der Waals surface area (Å²) in [5.74, 6) is -0.253. The molecule has 1 aromatic rings. The minimum Gasteiger partial charge on any atom is -0.445 e. The largest absolute Gasteiger partial charge is 0.445 e. The van der Waals surface area contributed by atoms with Crippen LogP contribution in [0.4, 0.5) is 4.79 Å². The number of ether oxygens (including phenoxy) is 1. The van der Waals surface area contributed by atoms with E-state index < -0.39 is 18.2 Å². The molecule has 0 radical (unpaired) electrons. The molecule has 0 aliphatic heterocycles. The Morgan fingerprint density at radius 3 is 2.24 bits per heavy atom. The van der Waals surface area contributed by atoms with Crippen molar-refractivity contribution in [2.75, 3.05) is 0 Å². The highest BCUT2D eigenvalue weighted by Crippen LogP contribution is 2.07. The summed E-state index contributed by atoms with van der Waals surface area (Å²) < 4.78 is 5.16. The van der Waals surface area contributed by atoms with Gasteiger partial charge < -0.3 is 20.2 Å². The molecule has 138 valence electrons. The van der Waals surface area contributed by atoms with Crippen molar-refractivity contribution in [1.29, 1.82) is 0 Å². The molecule has 25 heavy (non-hydrogen) atoms. The van der Waals surface area contributed by atoms with Gasteiger partial charge in [-0.1, -0.05) is 58.0 Å². The van der Waals surface area contributed by atoms with E-state index in [-0.39, 0.29) is 24.3 Å². The van der Waals surface area contributed by atoms with Crippen molar-refractivity contribution in [3.63, 3.8) is 0 Å². The summed E-state index contributed by atoms with van der Waals surface area (Å²) >= 11 is 0. The first-order valence-electron chi connectivity index (χ1n) is 8.56. The van der Waals surface area contributed by atoms with Gasteiger partial charge in [-0.3, -0.25) is 4.79 Å². The summed E-state index contributed by atoms with van der Waals surface area (Å²) in [7, 11) is 0. The van der Waals surface area contributed by atoms with E-state index in [9.17, 15) is 14.4 Å². The number of aldehydes is 1. The maximum absolute atomic E-state index is 12.4. The van der Waals surface area contributed by atoms with Gasteiger partial charge in [-0.25, -0.2) is 4.79 Å². The van der Waals surface area contributed by atoms with Crippen molar-refractivity contribution in [2.24, 2.45) is 11.8 Å². The predicted octanol–water partition coefficient (Wildman–Crippen LogP) is 2.67. The summed E-state index contributed by atoms with van der Waals surface area (Å²) in [6.07, 6.45) is 0.617. The summed E-state index contributed by atoms with van der Waals surface area (Å²) in [4.78, 5) is 35.5. The van der Waals surface area contributed by atoms with Crippen LogP contribution in [0.3, 0.4) is 0 Å². The fourth-order valence-electron chi connectivity index (χ4n) is 2.36. The zero-order valence-electron chi connectivity index (χ0n) is 15.3. The molecule has 1 rings (SSSR count). The van der Waals surface area contributed by atoms with Gasteiger partial charge in [-0.15, -0.1) is 0 Å². The van der Waals surface area contributed by atoms with E-state index in [4.69, 9.17) is 4.74 Å². The monoisotopic (exact) mass is 348 g/mol. The van der Waals surface area contributed by atoms with Gasteiger partial charge in [0.2, 0.25) is 5.91 Å². The minimum absolute atomic E-state index is 0.128. The van der Waals surface area contributed by atoms with Crippen LogP contribution in [0.1, 0.15) is 39.7 Å². The molecule has 0 aromatic heterocycles. The lowest BCUT2D eigenvalue weighted by molar-refractivity contribution is -0.126. The average molecular weight is 348 g/mol. The topological polar surface area (TPSA) is 84.5 Å². The quantitative estimate of drug-likeness (QED) is 0.672. The van der Waals surface area contributed by atoms with Crippen LogP contribution in [0.2, 0.25) is 0 Å². The Bertz CT molecular complexity index is 558. The molecule has 6 nitrogen and oxygen atoms in total. The molecule has 1 unspecified atom stereocenters. The smallest absolute Gasteiger partial charge is 0.408 e. The highest BCUT2D eigenvalue weighted by atomic mass is 16.5. The van der Waals surface area contributed by atoms with E-state index >= 15 is 0 Å². The summed E-state index contributed by atoms with van der Waals surface area (Å²) in [5, 5.41) is 5.26. The van der Waals surface area contributed by atoms with E-state index in [1.165, 1.54) is 0 Å². The minimum atomic E-state index is -0.766. The Hall–Kier alpha value is -2.37. The Labute approximate surface area is 149 Å². The van der Waals surface area contributed by atoms with Gasteiger partial charge in [0.1, 0.15) is 18.9 Å². The molecule has 0 spiro atoms. The first-order valence-corrected chi connectivity index (χ1v) is 8.56. The number of alkyl carbamates (subject to hydrolysis) is 1. The number of benzene rings is 1. The van der Waals surface area contributed by atoms with Crippen molar-refractivity contribution in [2.45, 2.75) is 52.8 Å². The molecular weight excluding hydrogens is 320 g/mol. The van der Waals surface area contributed by atoms with Gasteiger partial charge in [0.15, 0.2) is 0 Å². The van der Waals surface area contributed by atoms with Gasteiger partial charge in [0, 0.05) is 0 Å². The molecule has 0 fully saturated rings. The molecule has 2 N–H and O–H groups in total. The molecule has 6 heteroatoms. The second-order valence-electron chi connectivity index (χ2n) is 6.81. The molecule has 0 aliphatic carbocycles. The van der Waals surface area contributed by atoms with Crippen LogP contribution in [0, 0.1) is 11.8 Å². The predicted molar refractivity (Wildman–Crippen MR) is 95.8 cm³/mol. The summed E-state index contributed by atoms with van der Waals surface area (Å²) in [5.41, 5.74) is 0.862. The number of rotatable bonds is 9. The molecule has 0 heterocycles. The van der Waals surface area contributed by atoms with Crippen LogP contribution < -0.4 is 10.6 Å². The van der Waals surface area contributed by atoms with Crippen LogP contribution in [0.15, 0.2) is 30.3 Å². The average Bonchev–Trinajstić information content (AvgIpc) is 2.57. The highest BCUT2D eigenvalue weighted by Gasteiger charge is 2.26. The number of hydrogen-bond acceptors (Lipinski definition) is 4. The lowest BCUT2D eigenvalue weighted by Gasteiger charge is -2.24. The number of nitrogens with one attached hydrogen (secondary N) is 2. The van der Waals surface area contributed by atoms with E-state index in [0.29, 0.717) is 6.42 Å². The number of amides is 2. The molecule has 0 aliphatic rings. The lowest BCUT2D eigenvalue weighted by Crippen LogP contribution is -2.52. The fraction of sp³-hybridized carbons (Fsp3) is 0.526.